The van der Waals surface area contributed by atoms with Crippen LogP contribution >= 0.6 is 11.6 Å². The van der Waals surface area contributed by atoms with E-state index in [9.17, 15) is 0 Å². The molecule has 2 aromatic rings. The van der Waals surface area contributed by atoms with Crippen molar-refractivity contribution in [3.63, 3.8) is 0 Å². The van der Waals surface area contributed by atoms with E-state index >= 15 is 0 Å². The van der Waals surface area contributed by atoms with E-state index in [1.807, 2.05) is 12.1 Å². The normalized spacial score (nSPS) is 10.3. The number of hydrogen-bond donors (Lipinski definition) is 1. The lowest BCUT2D eigenvalue weighted by Gasteiger charge is -2.09. The molecule has 0 saturated carbocycles. The number of hydrogen-bond acceptors (Lipinski definition) is 2. The van der Waals surface area contributed by atoms with Crippen LogP contribution in [0.15, 0.2) is 36.5 Å². The highest BCUT2D eigenvalue weighted by molar-refractivity contribution is 6.29. The maximum atomic E-state index is 5.83. The van der Waals surface area contributed by atoms with Gasteiger partial charge in [-0.1, -0.05) is 35.4 Å². The standard InChI is InChI=1S/C14H15ClN2/c1-10-3-4-12(11(2)7-10)9-17-13-5-6-16-14(15)8-13/h3-8H,9H2,1-2H3,(H,16,17). The van der Waals surface area contributed by atoms with E-state index in [4.69, 9.17) is 11.6 Å². The molecule has 0 unspecified atom stereocenters. The molecule has 1 heterocycles. The van der Waals surface area contributed by atoms with Crippen LogP contribution in [-0.4, -0.2) is 4.98 Å². The fourth-order valence-corrected chi connectivity index (χ4v) is 1.93. The van der Waals surface area contributed by atoms with Gasteiger partial charge in [-0.15, -0.1) is 0 Å². The second-order valence-corrected chi connectivity index (χ2v) is 4.54. The highest BCUT2D eigenvalue weighted by Crippen LogP contribution is 2.15. The molecule has 0 saturated heterocycles. The molecule has 2 rings (SSSR count). The van der Waals surface area contributed by atoms with Crippen LogP contribution in [0.5, 0.6) is 0 Å². The average Bonchev–Trinajstić information content (AvgIpc) is 2.28. The van der Waals surface area contributed by atoms with Gasteiger partial charge in [-0.05, 0) is 37.1 Å². The van der Waals surface area contributed by atoms with Crippen molar-refractivity contribution in [3.8, 4) is 0 Å². The third-order valence-corrected chi connectivity index (χ3v) is 2.91. The summed E-state index contributed by atoms with van der Waals surface area (Å²) in [6, 6.07) is 10.2. The first-order valence-electron chi connectivity index (χ1n) is 5.57. The number of anilines is 1. The Morgan fingerprint density at radius 1 is 1.18 bits per heavy atom. The van der Waals surface area contributed by atoms with E-state index in [0.29, 0.717) is 5.15 Å². The average molecular weight is 247 g/mol. The number of aryl methyl sites for hydroxylation is 2. The Morgan fingerprint density at radius 2 is 2.00 bits per heavy atom. The summed E-state index contributed by atoms with van der Waals surface area (Å²) in [6.45, 7) is 5.03. The molecule has 2 nitrogen and oxygen atoms in total. The first kappa shape index (κ1) is 11.9. The summed E-state index contributed by atoms with van der Waals surface area (Å²) in [5, 5.41) is 3.85. The molecule has 0 amide bonds. The third-order valence-electron chi connectivity index (χ3n) is 2.71. The Labute approximate surface area is 107 Å². The van der Waals surface area contributed by atoms with Crippen molar-refractivity contribution in [2.75, 3.05) is 5.32 Å². The van der Waals surface area contributed by atoms with Crippen molar-refractivity contribution in [2.45, 2.75) is 20.4 Å². The Hall–Kier alpha value is -1.54. The van der Waals surface area contributed by atoms with Gasteiger partial charge >= 0.3 is 0 Å². The van der Waals surface area contributed by atoms with Gasteiger partial charge in [0, 0.05) is 18.4 Å². The van der Waals surface area contributed by atoms with Crippen LogP contribution < -0.4 is 5.32 Å². The number of rotatable bonds is 3. The van der Waals surface area contributed by atoms with E-state index in [1.54, 1.807) is 6.20 Å². The summed E-state index contributed by atoms with van der Waals surface area (Å²) in [7, 11) is 0. The van der Waals surface area contributed by atoms with E-state index in [2.05, 4.69) is 42.3 Å². The first-order chi connectivity index (χ1) is 8.15. The van der Waals surface area contributed by atoms with Crippen molar-refractivity contribution in [3.05, 3.63) is 58.4 Å². The number of pyridine rings is 1. The molecule has 0 fully saturated rings. The summed E-state index contributed by atoms with van der Waals surface area (Å²) in [6.07, 6.45) is 1.70. The summed E-state index contributed by atoms with van der Waals surface area (Å²) in [5.74, 6) is 0. The zero-order valence-corrected chi connectivity index (χ0v) is 10.8. The molecule has 0 aliphatic rings. The van der Waals surface area contributed by atoms with Crippen molar-refractivity contribution >= 4 is 17.3 Å². The zero-order chi connectivity index (χ0) is 12.3. The Morgan fingerprint density at radius 3 is 2.71 bits per heavy atom. The lowest BCUT2D eigenvalue weighted by Crippen LogP contribution is -2.01. The molecule has 0 atom stereocenters. The minimum absolute atomic E-state index is 0.510. The molecular formula is C14H15ClN2. The van der Waals surface area contributed by atoms with Crippen molar-refractivity contribution in [1.29, 1.82) is 0 Å². The lowest BCUT2D eigenvalue weighted by molar-refractivity contribution is 1.11. The number of nitrogens with one attached hydrogen (secondary N) is 1. The molecule has 0 bridgehead atoms. The van der Waals surface area contributed by atoms with E-state index in [-0.39, 0.29) is 0 Å². The van der Waals surface area contributed by atoms with Gasteiger partial charge in [-0.3, -0.25) is 0 Å². The molecule has 0 spiro atoms. The molecule has 0 aliphatic heterocycles. The van der Waals surface area contributed by atoms with Gasteiger partial charge in [0.15, 0.2) is 0 Å². The maximum absolute atomic E-state index is 5.83. The Bertz CT molecular complexity index is 523. The monoisotopic (exact) mass is 246 g/mol. The zero-order valence-electron chi connectivity index (χ0n) is 10.00. The van der Waals surface area contributed by atoms with Gasteiger partial charge in [0.1, 0.15) is 5.15 Å². The maximum Gasteiger partial charge on any atom is 0.131 e. The number of halogens is 1. The third kappa shape index (κ3) is 3.21. The molecule has 1 aromatic carbocycles. The van der Waals surface area contributed by atoms with Crippen LogP contribution in [-0.2, 0) is 6.54 Å². The van der Waals surface area contributed by atoms with Crippen LogP contribution in [0.1, 0.15) is 16.7 Å². The summed E-state index contributed by atoms with van der Waals surface area (Å²) in [5.41, 5.74) is 4.88. The van der Waals surface area contributed by atoms with Crippen LogP contribution in [0, 0.1) is 13.8 Å². The number of aromatic nitrogens is 1. The highest BCUT2D eigenvalue weighted by atomic mass is 35.5. The smallest absolute Gasteiger partial charge is 0.131 e. The SMILES string of the molecule is Cc1ccc(CNc2ccnc(Cl)c2)c(C)c1. The first-order valence-corrected chi connectivity index (χ1v) is 5.94. The fraction of sp³-hybridized carbons (Fsp3) is 0.214. The van der Waals surface area contributed by atoms with E-state index in [0.717, 1.165) is 12.2 Å². The quantitative estimate of drug-likeness (QED) is 0.829. The van der Waals surface area contributed by atoms with E-state index in [1.165, 1.54) is 16.7 Å². The van der Waals surface area contributed by atoms with Crippen LogP contribution in [0.2, 0.25) is 5.15 Å². The van der Waals surface area contributed by atoms with Crippen LogP contribution in [0.3, 0.4) is 0 Å². The Balaban J connectivity index is 2.07. The molecule has 0 radical (unpaired) electrons. The summed E-state index contributed by atoms with van der Waals surface area (Å²) >= 11 is 5.83. The molecule has 0 aliphatic carbocycles. The van der Waals surface area contributed by atoms with Crippen LogP contribution in [0.4, 0.5) is 5.69 Å². The van der Waals surface area contributed by atoms with Gasteiger partial charge in [0.2, 0.25) is 0 Å². The molecule has 1 N–H and O–H groups in total. The Kier molecular flexibility index (Phi) is 3.64. The molecular weight excluding hydrogens is 232 g/mol. The molecule has 1 aromatic heterocycles. The predicted molar refractivity (Wildman–Crippen MR) is 72.5 cm³/mol. The van der Waals surface area contributed by atoms with Gasteiger partial charge < -0.3 is 5.32 Å². The molecule has 3 heteroatoms. The van der Waals surface area contributed by atoms with Gasteiger partial charge in [0.05, 0.1) is 0 Å². The number of nitrogens with zero attached hydrogens (tertiary/aromatic N) is 1. The predicted octanol–water partition coefficient (Wildman–Crippen LogP) is 3.96. The minimum atomic E-state index is 0.510. The van der Waals surface area contributed by atoms with Gasteiger partial charge in [-0.2, -0.15) is 0 Å². The summed E-state index contributed by atoms with van der Waals surface area (Å²) < 4.78 is 0. The molecule has 88 valence electrons. The largest absolute Gasteiger partial charge is 0.381 e. The van der Waals surface area contributed by atoms with Crippen LogP contribution in [0.25, 0.3) is 0 Å². The fourth-order valence-electron chi connectivity index (χ4n) is 1.75. The van der Waals surface area contributed by atoms with Crippen molar-refractivity contribution < 1.29 is 0 Å². The molecule has 17 heavy (non-hydrogen) atoms. The minimum Gasteiger partial charge on any atom is -0.381 e. The lowest BCUT2D eigenvalue weighted by atomic mass is 10.1. The van der Waals surface area contributed by atoms with Crippen molar-refractivity contribution in [2.24, 2.45) is 0 Å². The van der Waals surface area contributed by atoms with Crippen molar-refractivity contribution in [1.82, 2.24) is 4.98 Å². The summed E-state index contributed by atoms with van der Waals surface area (Å²) in [4.78, 5) is 3.95. The topological polar surface area (TPSA) is 24.9 Å². The van der Waals surface area contributed by atoms with Gasteiger partial charge in [-0.25, -0.2) is 4.98 Å². The second kappa shape index (κ2) is 5.19. The van der Waals surface area contributed by atoms with E-state index < -0.39 is 0 Å². The second-order valence-electron chi connectivity index (χ2n) is 4.15. The van der Waals surface area contributed by atoms with Gasteiger partial charge in [0.25, 0.3) is 0 Å². The highest BCUT2D eigenvalue weighted by Gasteiger charge is 1.99. The number of benzene rings is 1.